The van der Waals surface area contributed by atoms with Crippen LogP contribution in [-0.2, 0) is 0 Å². The maximum atomic E-state index is 13.7. The van der Waals surface area contributed by atoms with E-state index in [1.807, 2.05) is 11.8 Å². The molecule has 6 heteroatoms. The van der Waals surface area contributed by atoms with E-state index >= 15 is 0 Å². The lowest BCUT2D eigenvalue weighted by Gasteiger charge is -2.22. The van der Waals surface area contributed by atoms with Crippen molar-refractivity contribution in [2.75, 3.05) is 23.3 Å². The molecule has 0 amide bonds. The molecule has 0 radical (unpaired) electrons. The highest BCUT2D eigenvalue weighted by Crippen LogP contribution is 2.27. The van der Waals surface area contributed by atoms with Crippen molar-refractivity contribution in [2.45, 2.75) is 24.5 Å². The Hall–Kier alpha value is -1.43. The minimum absolute atomic E-state index is 0.0532. The van der Waals surface area contributed by atoms with Crippen LogP contribution in [0.25, 0.3) is 0 Å². The molecule has 0 aromatic heterocycles. The first-order valence-electron chi connectivity index (χ1n) is 6.25. The maximum Gasteiger partial charge on any atom is 0.337 e. The highest BCUT2D eigenvalue weighted by atomic mass is 32.2. The van der Waals surface area contributed by atoms with Crippen molar-refractivity contribution in [1.82, 2.24) is 0 Å². The van der Waals surface area contributed by atoms with Crippen LogP contribution < -0.4 is 11.1 Å². The second-order valence-electron chi connectivity index (χ2n) is 4.59. The number of nitrogens with one attached hydrogen (secondary N) is 1. The zero-order chi connectivity index (χ0) is 13.8. The first-order valence-corrected chi connectivity index (χ1v) is 7.30. The highest BCUT2D eigenvalue weighted by molar-refractivity contribution is 7.99. The van der Waals surface area contributed by atoms with E-state index in [1.165, 1.54) is 18.9 Å². The largest absolute Gasteiger partial charge is 0.478 e. The van der Waals surface area contributed by atoms with Gasteiger partial charge in [-0.2, -0.15) is 11.8 Å². The Labute approximate surface area is 115 Å². The third kappa shape index (κ3) is 3.53. The molecule has 1 aliphatic rings. The summed E-state index contributed by atoms with van der Waals surface area (Å²) in [5.41, 5.74) is 5.56. The minimum Gasteiger partial charge on any atom is -0.478 e. The van der Waals surface area contributed by atoms with Crippen LogP contribution in [0.3, 0.4) is 0 Å². The smallest absolute Gasteiger partial charge is 0.337 e. The van der Waals surface area contributed by atoms with Crippen molar-refractivity contribution < 1.29 is 14.3 Å². The molecule has 0 spiro atoms. The molecule has 0 aliphatic carbocycles. The van der Waals surface area contributed by atoms with Gasteiger partial charge in [-0.1, -0.05) is 6.42 Å². The van der Waals surface area contributed by atoms with E-state index in [2.05, 4.69) is 5.32 Å². The van der Waals surface area contributed by atoms with Crippen molar-refractivity contribution in [2.24, 2.45) is 0 Å². The Kier molecular flexibility index (Phi) is 4.52. The van der Waals surface area contributed by atoms with Gasteiger partial charge in [-0.15, -0.1) is 0 Å². The van der Waals surface area contributed by atoms with Crippen LogP contribution in [0.15, 0.2) is 12.1 Å². The fourth-order valence-corrected chi connectivity index (χ4v) is 3.34. The summed E-state index contributed by atoms with van der Waals surface area (Å²) in [5.74, 6) is -0.521. The van der Waals surface area contributed by atoms with Crippen LogP contribution in [-0.4, -0.2) is 28.6 Å². The third-order valence-electron chi connectivity index (χ3n) is 3.16. The van der Waals surface area contributed by atoms with Crippen LogP contribution in [0.1, 0.15) is 29.6 Å². The van der Waals surface area contributed by atoms with Crippen LogP contribution in [0.4, 0.5) is 15.8 Å². The molecule has 2 rings (SSSR count). The first kappa shape index (κ1) is 14.0. The summed E-state index contributed by atoms with van der Waals surface area (Å²) in [5, 5.41) is 12.4. The molecule has 104 valence electrons. The number of hydrogen-bond acceptors (Lipinski definition) is 4. The molecule has 1 saturated heterocycles. The van der Waals surface area contributed by atoms with Gasteiger partial charge in [0.15, 0.2) is 0 Å². The molecule has 0 saturated carbocycles. The fraction of sp³-hybridized carbons (Fsp3) is 0.462. The van der Waals surface area contributed by atoms with Gasteiger partial charge in [0.25, 0.3) is 0 Å². The maximum absolute atomic E-state index is 13.7. The lowest BCUT2D eigenvalue weighted by molar-refractivity contribution is 0.0698. The van der Waals surface area contributed by atoms with Gasteiger partial charge in [0.05, 0.1) is 11.3 Å². The summed E-state index contributed by atoms with van der Waals surface area (Å²) >= 11 is 1.88. The summed E-state index contributed by atoms with van der Waals surface area (Å²) in [6.45, 7) is 0.643. The van der Waals surface area contributed by atoms with E-state index in [0.717, 1.165) is 18.2 Å². The number of nitrogens with two attached hydrogens (primary N) is 1. The SMILES string of the molecule is Nc1cc(F)c(NCC2CCCCS2)cc1C(=O)O. The Bertz CT molecular complexity index is 476. The van der Waals surface area contributed by atoms with Gasteiger partial charge >= 0.3 is 5.97 Å². The lowest BCUT2D eigenvalue weighted by atomic mass is 10.1. The molecule has 1 aromatic carbocycles. The number of benzene rings is 1. The average molecular weight is 284 g/mol. The van der Waals surface area contributed by atoms with E-state index < -0.39 is 11.8 Å². The van der Waals surface area contributed by atoms with E-state index in [0.29, 0.717) is 11.8 Å². The van der Waals surface area contributed by atoms with Gasteiger partial charge in [-0.25, -0.2) is 9.18 Å². The Morgan fingerprint density at radius 2 is 2.32 bits per heavy atom. The van der Waals surface area contributed by atoms with Crippen LogP contribution >= 0.6 is 11.8 Å². The van der Waals surface area contributed by atoms with Crippen molar-refractivity contribution in [1.29, 1.82) is 0 Å². The zero-order valence-electron chi connectivity index (χ0n) is 10.5. The number of carboxylic acid groups (broad SMARTS) is 1. The van der Waals surface area contributed by atoms with Gasteiger partial charge in [0.1, 0.15) is 5.82 Å². The fourth-order valence-electron chi connectivity index (χ4n) is 2.10. The molecule has 1 atom stereocenters. The number of carbonyl (C=O) groups is 1. The van der Waals surface area contributed by atoms with Crippen molar-refractivity contribution in [3.63, 3.8) is 0 Å². The number of carboxylic acids is 1. The number of nitrogen functional groups attached to an aromatic ring is 1. The number of thioether (sulfide) groups is 1. The monoisotopic (exact) mass is 284 g/mol. The predicted octanol–water partition coefficient (Wildman–Crippen LogP) is 2.80. The standard InChI is InChI=1S/C13H17FN2O2S/c14-10-6-11(15)9(13(17)18)5-12(10)16-7-8-3-1-2-4-19-8/h5-6,8,16H,1-4,7,15H2,(H,17,18). The van der Waals surface area contributed by atoms with E-state index in [9.17, 15) is 9.18 Å². The van der Waals surface area contributed by atoms with E-state index in [-0.39, 0.29) is 16.9 Å². The topological polar surface area (TPSA) is 75.3 Å². The molecule has 4 nitrogen and oxygen atoms in total. The lowest BCUT2D eigenvalue weighted by Crippen LogP contribution is -2.20. The highest BCUT2D eigenvalue weighted by Gasteiger charge is 2.16. The summed E-state index contributed by atoms with van der Waals surface area (Å²) in [6.07, 6.45) is 3.55. The minimum atomic E-state index is -1.15. The Morgan fingerprint density at radius 3 is 2.95 bits per heavy atom. The molecule has 1 unspecified atom stereocenters. The van der Waals surface area contributed by atoms with Gasteiger partial charge in [0, 0.05) is 17.5 Å². The van der Waals surface area contributed by atoms with E-state index in [1.54, 1.807) is 0 Å². The van der Waals surface area contributed by atoms with Gasteiger partial charge in [-0.3, -0.25) is 0 Å². The zero-order valence-corrected chi connectivity index (χ0v) is 11.3. The molecular formula is C13H17FN2O2S. The second kappa shape index (κ2) is 6.14. The normalized spacial score (nSPS) is 19.1. The number of halogens is 1. The molecule has 1 aromatic rings. The summed E-state index contributed by atoms with van der Waals surface area (Å²) in [7, 11) is 0. The number of hydrogen-bond donors (Lipinski definition) is 3. The number of rotatable bonds is 4. The van der Waals surface area contributed by atoms with E-state index in [4.69, 9.17) is 10.8 Å². The van der Waals surface area contributed by atoms with Gasteiger partial charge in [-0.05, 0) is 30.7 Å². The Balaban J connectivity index is 2.06. The average Bonchev–Trinajstić information content (AvgIpc) is 2.38. The summed E-state index contributed by atoms with van der Waals surface area (Å²) in [6, 6.07) is 2.32. The van der Waals surface area contributed by atoms with Crippen LogP contribution in [0, 0.1) is 5.82 Å². The number of anilines is 2. The Morgan fingerprint density at radius 1 is 1.53 bits per heavy atom. The number of aromatic carboxylic acids is 1. The van der Waals surface area contributed by atoms with Gasteiger partial charge in [0.2, 0.25) is 0 Å². The summed E-state index contributed by atoms with van der Waals surface area (Å²) < 4.78 is 13.7. The van der Waals surface area contributed by atoms with Crippen molar-refractivity contribution >= 4 is 29.1 Å². The predicted molar refractivity (Wildman–Crippen MR) is 76.4 cm³/mol. The molecular weight excluding hydrogens is 267 g/mol. The summed E-state index contributed by atoms with van der Waals surface area (Å²) in [4.78, 5) is 11.0. The molecule has 1 heterocycles. The molecule has 0 bridgehead atoms. The molecule has 1 fully saturated rings. The van der Waals surface area contributed by atoms with Crippen LogP contribution in [0.2, 0.25) is 0 Å². The quantitative estimate of drug-likeness (QED) is 0.741. The molecule has 1 aliphatic heterocycles. The second-order valence-corrected chi connectivity index (χ2v) is 6.00. The molecule has 19 heavy (non-hydrogen) atoms. The third-order valence-corrected chi connectivity index (χ3v) is 4.56. The van der Waals surface area contributed by atoms with Crippen molar-refractivity contribution in [3.05, 3.63) is 23.5 Å². The molecule has 4 N–H and O–H groups in total. The van der Waals surface area contributed by atoms with Crippen molar-refractivity contribution in [3.8, 4) is 0 Å². The first-order chi connectivity index (χ1) is 9.08. The van der Waals surface area contributed by atoms with Crippen LogP contribution in [0.5, 0.6) is 0 Å². The van der Waals surface area contributed by atoms with Gasteiger partial charge < -0.3 is 16.2 Å².